The van der Waals surface area contributed by atoms with Gasteiger partial charge in [0.15, 0.2) is 5.71 Å². The molecule has 5 heteroatoms. The maximum atomic E-state index is 7.97. The Bertz CT molecular complexity index is 153. The van der Waals surface area contributed by atoms with Crippen LogP contribution in [-0.2, 0) is 0 Å². The molecule has 0 spiro atoms. The summed E-state index contributed by atoms with van der Waals surface area (Å²) in [6.45, 7) is 0. The van der Waals surface area contributed by atoms with Crippen LogP contribution in [0.4, 0.5) is 0 Å². The van der Waals surface area contributed by atoms with Crippen molar-refractivity contribution < 1.29 is 5.21 Å². The summed E-state index contributed by atoms with van der Waals surface area (Å²) in [7, 11) is 0. The fourth-order valence-corrected chi connectivity index (χ4v) is 0.148. The van der Waals surface area contributed by atoms with Crippen LogP contribution in [0.5, 0.6) is 0 Å². The highest BCUT2D eigenvalue weighted by Gasteiger charge is 1.86. The van der Waals surface area contributed by atoms with E-state index in [0.717, 1.165) is 6.21 Å². The van der Waals surface area contributed by atoms with E-state index in [1.54, 1.807) is 0 Å². The van der Waals surface area contributed by atoms with Gasteiger partial charge in [-0.15, -0.1) is 0 Å². The summed E-state index contributed by atoms with van der Waals surface area (Å²) in [6.07, 6.45) is 0.944. The molecule has 0 heterocycles. The van der Waals surface area contributed by atoms with Gasteiger partial charge >= 0.3 is 0 Å². The van der Waals surface area contributed by atoms with Crippen LogP contribution in [0.3, 0.4) is 0 Å². The average molecular weight is 112 g/mol. The highest BCUT2D eigenvalue weighted by molar-refractivity contribution is 6.37. The smallest absolute Gasteiger partial charge is 0.199 e. The van der Waals surface area contributed by atoms with Crippen molar-refractivity contribution >= 4 is 11.9 Å². The lowest BCUT2D eigenvalue weighted by molar-refractivity contribution is 0.321. The lowest BCUT2D eigenvalue weighted by atomic mass is 10.5. The van der Waals surface area contributed by atoms with Crippen LogP contribution in [-0.4, -0.2) is 17.1 Å². The Morgan fingerprint density at radius 2 is 2.50 bits per heavy atom. The molecular formula is C3H4N4O. The zero-order chi connectivity index (χ0) is 6.41. The van der Waals surface area contributed by atoms with Crippen LogP contribution >= 0.6 is 0 Å². The number of hydrazone groups is 1. The lowest BCUT2D eigenvalue weighted by Crippen LogP contribution is -1.97. The van der Waals surface area contributed by atoms with E-state index in [4.69, 9.17) is 10.5 Å². The molecule has 0 aromatic heterocycles. The van der Waals surface area contributed by atoms with Gasteiger partial charge in [0.2, 0.25) is 0 Å². The van der Waals surface area contributed by atoms with Crippen LogP contribution < -0.4 is 5.84 Å². The standard InChI is InChI=1S/C3H4N4O/c4-1-3(7-8)2-6-5/h2,8H,5H2. The molecule has 0 saturated carbocycles. The van der Waals surface area contributed by atoms with Gasteiger partial charge in [0.25, 0.3) is 0 Å². The second-order valence-electron chi connectivity index (χ2n) is 0.875. The largest absolute Gasteiger partial charge is 0.410 e. The van der Waals surface area contributed by atoms with Gasteiger partial charge in [-0.25, -0.2) is 0 Å². The van der Waals surface area contributed by atoms with Crippen molar-refractivity contribution in [2.24, 2.45) is 16.1 Å². The number of nitrogens with two attached hydrogens (primary N) is 1. The SMILES string of the molecule is N#CC(C=NN)=NO. The van der Waals surface area contributed by atoms with E-state index in [1.807, 2.05) is 0 Å². The monoisotopic (exact) mass is 112 g/mol. The Hall–Kier alpha value is -1.57. The molecule has 0 aliphatic carbocycles. The number of nitriles is 1. The molecule has 0 aliphatic rings. The number of rotatable bonds is 1. The zero-order valence-corrected chi connectivity index (χ0v) is 3.94. The van der Waals surface area contributed by atoms with E-state index in [9.17, 15) is 0 Å². The maximum Gasteiger partial charge on any atom is 0.199 e. The van der Waals surface area contributed by atoms with Crippen molar-refractivity contribution in [2.45, 2.75) is 0 Å². The van der Waals surface area contributed by atoms with Crippen LogP contribution in [0.2, 0.25) is 0 Å². The summed E-state index contributed by atoms with van der Waals surface area (Å²) in [6, 6.07) is 1.52. The first-order chi connectivity index (χ1) is 3.85. The Balaban J connectivity index is 3.98. The molecule has 0 unspecified atom stereocenters. The molecule has 5 nitrogen and oxygen atoms in total. The average Bonchev–Trinajstić information content (AvgIpc) is 1.83. The van der Waals surface area contributed by atoms with Crippen molar-refractivity contribution in [3.8, 4) is 6.07 Å². The molecule has 0 aliphatic heterocycles. The van der Waals surface area contributed by atoms with E-state index in [1.165, 1.54) is 6.07 Å². The third-order valence-electron chi connectivity index (χ3n) is 0.419. The van der Waals surface area contributed by atoms with E-state index < -0.39 is 0 Å². The van der Waals surface area contributed by atoms with Gasteiger partial charge < -0.3 is 11.0 Å². The summed E-state index contributed by atoms with van der Waals surface area (Å²) in [5.74, 6) is 4.61. The number of hydrogen-bond donors (Lipinski definition) is 2. The molecule has 0 aromatic carbocycles. The van der Waals surface area contributed by atoms with Crippen molar-refractivity contribution in [2.75, 3.05) is 0 Å². The van der Waals surface area contributed by atoms with Crippen molar-refractivity contribution in [1.82, 2.24) is 0 Å². The van der Waals surface area contributed by atoms with Crippen LogP contribution in [0.25, 0.3) is 0 Å². The molecular weight excluding hydrogens is 108 g/mol. The molecule has 42 valence electrons. The highest BCUT2D eigenvalue weighted by Crippen LogP contribution is 1.64. The van der Waals surface area contributed by atoms with Crippen molar-refractivity contribution in [3.05, 3.63) is 0 Å². The highest BCUT2D eigenvalue weighted by atomic mass is 16.4. The maximum absolute atomic E-state index is 7.97. The zero-order valence-electron chi connectivity index (χ0n) is 3.94. The van der Waals surface area contributed by atoms with Crippen LogP contribution in [0.15, 0.2) is 10.3 Å². The van der Waals surface area contributed by atoms with E-state index in [-0.39, 0.29) is 5.71 Å². The molecule has 0 rings (SSSR count). The van der Waals surface area contributed by atoms with Gasteiger partial charge in [-0.3, -0.25) is 0 Å². The fourth-order valence-electron chi connectivity index (χ4n) is 0.148. The Labute approximate surface area is 45.7 Å². The summed E-state index contributed by atoms with van der Waals surface area (Å²) >= 11 is 0. The van der Waals surface area contributed by atoms with Crippen LogP contribution in [0, 0.1) is 11.3 Å². The van der Waals surface area contributed by atoms with Gasteiger partial charge in [0, 0.05) is 0 Å². The number of oxime groups is 1. The summed E-state index contributed by atoms with van der Waals surface area (Å²) in [5, 5.41) is 21.3. The van der Waals surface area contributed by atoms with Gasteiger partial charge in [0.1, 0.15) is 6.07 Å². The molecule has 0 bridgehead atoms. The van der Waals surface area contributed by atoms with Gasteiger partial charge in [-0.05, 0) is 0 Å². The molecule has 0 amide bonds. The third-order valence-corrected chi connectivity index (χ3v) is 0.419. The topological polar surface area (TPSA) is 94.8 Å². The van der Waals surface area contributed by atoms with E-state index >= 15 is 0 Å². The minimum absolute atomic E-state index is 0.215. The first-order valence-corrected chi connectivity index (χ1v) is 1.70. The van der Waals surface area contributed by atoms with Gasteiger partial charge in [-0.1, -0.05) is 5.16 Å². The first kappa shape index (κ1) is 6.43. The predicted octanol–water partition coefficient (Wildman–Crippen LogP) is -0.715. The van der Waals surface area contributed by atoms with Crippen molar-refractivity contribution in [1.29, 1.82) is 5.26 Å². The molecule has 0 atom stereocenters. The Morgan fingerprint density at radius 3 is 2.62 bits per heavy atom. The third kappa shape index (κ3) is 1.77. The quantitative estimate of drug-likeness (QED) is 0.203. The lowest BCUT2D eigenvalue weighted by Gasteiger charge is -1.75. The molecule has 0 radical (unpaired) electrons. The van der Waals surface area contributed by atoms with E-state index in [0.29, 0.717) is 0 Å². The second kappa shape index (κ2) is 3.61. The predicted molar refractivity (Wildman–Crippen MR) is 27.5 cm³/mol. The summed E-state index contributed by atoms with van der Waals surface area (Å²) in [4.78, 5) is 0. The molecule has 0 aromatic rings. The Morgan fingerprint density at radius 1 is 1.88 bits per heavy atom. The normalized spacial score (nSPS) is 11.6. The van der Waals surface area contributed by atoms with Gasteiger partial charge in [-0.2, -0.15) is 10.4 Å². The van der Waals surface area contributed by atoms with Crippen molar-refractivity contribution in [3.63, 3.8) is 0 Å². The minimum atomic E-state index is -0.215. The fraction of sp³-hybridized carbons (Fsp3) is 0. The summed E-state index contributed by atoms with van der Waals surface area (Å²) in [5.41, 5.74) is -0.215. The Kier molecular flexibility index (Phi) is 2.90. The second-order valence-corrected chi connectivity index (χ2v) is 0.875. The number of hydrogen-bond acceptors (Lipinski definition) is 5. The molecule has 0 fully saturated rings. The van der Waals surface area contributed by atoms with Crippen LogP contribution in [0.1, 0.15) is 0 Å². The molecule has 3 N–H and O–H groups in total. The first-order valence-electron chi connectivity index (χ1n) is 1.70. The van der Waals surface area contributed by atoms with Gasteiger partial charge in [0.05, 0.1) is 6.21 Å². The minimum Gasteiger partial charge on any atom is -0.410 e. The summed E-state index contributed by atoms with van der Waals surface area (Å²) < 4.78 is 0. The number of nitrogens with zero attached hydrogens (tertiary/aromatic N) is 3. The van der Waals surface area contributed by atoms with E-state index in [2.05, 4.69) is 16.1 Å². The molecule has 0 saturated heterocycles. The molecule has 8 heavy (non-hydrogen) atoms.